The summed E-state index contributed by atoms with van der Waals surface area (Å²) in [5.74, 6) is 0. The maximum Gasteiger partial charge on any atom is 0.0734 e. The molecule has 0 atom stereocenters. The van der Waals surface area contributed by atoms with Crippen LogP contribution in [-0.4, -0.2) is 11.4 Å². The number of hydrogen-bond acceptors (Lipinski definition) is 2. The summed E-state index contributed by atoms with van der Waals surface area (Å²) in [4.78, 5) is 0. The van der Waals surface area contributed by atoms with E-state index in [4.69, 9.17) is 5.21 Å². The molecule has 0 aliphatic heterocycles. The third-order valence-electron chi connectivity index (χ3n) is 1.09. The van der Waals surface area contributed by atoms with Crippen LogP contribution < -0.4 is 0 Å². The zero-order chi connectivity index (χ0) is 8.27. The minimum atomic E-state index is 0.841. The molecule has 0 heterocycles. The summed E-state index contributed by atoms with van der Waals surface area (Å²) in [5.41, 5.74) is 0.841. The zero-order valence-corrected chi connectivity index (χ0v) is 8.63. The fourth-order valence-corrected chi connectivity index (χ4v) is 2.05. The standard InChI is InChI=1S/C7H5Br2NO/c8-6-1-5(4-10-11)2-7(9)3-6/h1-4,11H/b10-4+. The fraction of sp³-hybridized carbons (Fsp3) is 0. The molecule has 0 saturated carbocycles. The minimum absolute atomic E-state index is 0.841. The van der Waals surface area contributed by atoms with Gasteiger partial charge in [0.15, 0.2) is 0 Å². The predicted molar refractivity (Wildman–Crippen MR) is 51.2 cm³/mol. The van der Waals surface area contributed by atoms with Gasteiger partial charge in [0.1, 0.15) is 0 Å². The predicted octanol–water partition coefficient (Wildman–Crippen LogP) is 3.02. The lowest BCUT2D eigenvalue weighted by atomic mass is 10.2. The van der Waals surface area contributed by atoms with Crippen molar-refractivity contribution in [2.75, 3.05) is 0 Å². The zero-order valence-electron chi connectivity index (χ0n) is 5.46. The minimum Gasteiger partial charge on any atom is -0.411 e. The molecule has 0 amide bonds. The highest BCUT2D eigenvalue weighted by Crippen LogP contribution is 2.18. The Morgan fingerprint density at radius 2 is 1.73 bits per heavy atom. The molecule has 1 aromatic rings. The van der Waals surface area contributed by atoms with Gasteiger partial charge >= 0.3 is 0 Å². The van der Waals surface area contributed by atoms with Crippen molar-refractivity contribution in [3.05, 3.63) is 32.7 Å². The van der Waals surface area contributed by atoms with E-state index in [1.807, 2.05) is 18.2 Å². The van der Waals surface area contributed by atoms with Crippen LogP contribution in [0.5, 0.6) is 0 Å². The normalized spacial score (nSPS) is 10.7. The lowest BCUT2D eigenvalue weighted by Crippen LogP contribution is -1.80. The van der Waals surface area contributed by atoms with E-state index < -0.39 is 0 Å². The summed E-state index contributed by atoms with van der Waals surface area (Å²) in [6, 6.07) is 5.61. The quantitative estimate of drug-likeness (QED) is 0.478. The van der Waals surface area contributed by atoms with E-state index in [1.54, 1.807) is 0 Å². The maximum absolute atomic E-state index is 8.24. The molecule has 0 unspecified atom stereocenters. The van der Waals surface area contributed by atoms with Gasteiger partial charge < -0.3 is 5.21 Å². The first-order valence-electron chi connectivity index (χ1n) is 2.86. The second kappa shape index (κ2) is 3.88. The van der Waals surface area contributed by atoms with Crippen LogP contribution in [0.15, 0.2) is 32.3 Å². The first-order valence-corrected chi connectivity index (χ1v) is 4.44. The molecule has 0 radical (unpaired) electrons. The average Bonchev–Trinajstić information content (AvgIpc) is 1.85. The molecule has 4 heteroatoms. The van der Waals surface area contributed by atoms with Crippen molar-refractivity contribution in [1.82, 2.24) is 0 Å². The molecule has 1 N–H and O–H groups in total. The first kappa shape index (κ1) is 8.74. The Hall–Kier alpha value is -0.350. The highest BCUT2D eigenvalue weighted by molar-refractivity contribution is 9.11. The van der Waals surface area contributed by atoms with Crippen LogP contribution in [0.1, 0.15) is 5.56 Å². The number of nitrogens with zero attached hydrogens (tertiary/aromatic N) is 1. The van der Waals surface area contributed by atoms with E-state index in [2.05, 4.69) is 37.0 Å². The van der Waals surface area contributed by atoms with Crippen LogP contribution in [0.25, 0.3) is 0 Å². The van der Waals surface area contributed by atoms with Crippen LogP contribution in [0.4, 0.5) is 0 Å². The van der Waals surface area contributed by atoms with E-state index in [0.717, 1.165) is 14.5 Å². The summed E-state index contributed by atoms with van der Waals surface area (Å²) in [7, 11) is 0. The van der Waals surface area contributed by atoms with Gasteiger partial charge in [-0.3, -0.25) is 0 Å². The molecule has 11 heavy (non-hydrogen) atoms. The van der Waals surface area contributed by atoms with Crippen LogP contribution in [0.2, 0.25) is 0 Å². The lowest BCUT2D eigenvalue weighted by Gasteiger charge is -1.95. The summed E-state index contributed by atoms with van der Waals surface area (Å²) in [6.07, 6.45) is 1.37. The Morgan fingerprint density at radius 1 is 1.18 bits per heavy atom. The fourth-order valence-electron chi connectivity index (χ4n) is 0.716. The molecule has 1 rings (SSSR count). The molecular formula is C7H5Br2NO. The lowest BCUT2D eigenvalue weighted by molar-refractivity contribution is 0.322. The van der Waals surface area contributed by atoms with Gasteiger partial charge in [-0.15, -0.1) is 0 Å². The maximum atomic E-state index is 8.24. The van der Waals surface area contributed by atoms with Crippen molar-refractivity contribution < 1.29 is 5.21 Å². The van der Waals surface area contributed by atoms with Crippen LogP contribution >= 0.6 is 31.9 Å². The number of benzene rings is 1. The number of oxime groups is 1. The van der Waals surface area contributed by atoms with Gasteiger partial charge in [0.2, 0.25) is 0 Å². The van der Waals surface area contributed by atoms with Crippen molar-refractivity contribution in [2.45, 2.75) is 0 Å². The van der Waals surface area contributed by atoms with Crippen molar-refractivity contribution in [2.24, 2.45) is 5.16 Å². The van der Waals surface area contributed by atoms with Crippen LogP contribution in [-0.2, 0) is 0 Å². The van der Waals surface area contributed by atoms with Crippen LogP contribution in [0.3, 0.4) is 0 Å². The van der Waals surface area contributed by atoms with Gasteiger partial charge in [-0.05, 0) is 23.8 Å². The van der Waals surface area contributed by atoms with Crippen molar-refractivity contribution in [1.29, 1.82) is 0 Å². The van der Waals surface area contributed by atoms with E-state index in [1.165, 1.54) is 6.21 Å². The van der Waals surface area contributed by atoms with E-state index in [9.17, 15) is 0 Å². The molecule has 0 spiro atoms. The Kier molecular flexibility index (Phi) is 3.08. The Labute approximate surface area is 81.2 Å². The largest absolute Gasteiger partial charge is 0.411 e. The van der Waals surface area contributed by atoms with E-state index >= 15 is 0 Å². The number of rotatable bonds is 1. The summed E-state index contributed by atoms with van der Waals surface area (Å²) in [5, 5.41) is 11.2. The molecule has 0 aromatic heterocycles. The highest BCUT2D eigenvalue weighted by Gasteiger charge is 1.93. The second-order valence-electron chi connectivity index (χ2n) is 1.95. The third-order valence-corrected chi connectivity index (χ3v) is 2.01. The molecule has 1 aromatic carbocycles. The van der Waals surface area contributed by atoms with Crippen LogP contribution in [0, 0.1) is 0 Å². The molecule has 0 fully saturated rings. The molecule has 0 aliphatic rings. The molecule has 0 bridgehead atoms. The van der Waals surface area contributed by atoms with Gasteiger partial charge in [0.25, 0.3) is 0 Å². The Bertz CT molecular complexity index is 266. The van der Waals surface area contributed by atoms with E-state index in [0.29, 0.717) is 0 Å². The monoisotopic (exact) mass is 277 g/mol. The SMILES string of the molecule is O/N=C/c1cc(Br)cc(Br)c1. The van der Waals surface area contributed by atoms with Crippen molar-refractivity contribution >= 4 is 38.1 Å². The summed E-state index contributed by atoms with van der Waals surface area (Å²) in [6.45, 7) is 0. The topological polar surface area (TPSA) is 32.6 Å². The van der Waals surface area contributed by atoms with Gasteiger partial charge in [-0.1, -0.05) is 37.0 Å². The van der Waals surface area contributed by atoms with Gasteiger partial charge in [-0.25, -0.2) is 0 Å². The average molecular weight is 279 g/mol. The number of hydrogen-bond donors (Lipinski definition) is 1. The number of halogens is 2. The van der Waals surface area contributed by atoms with Crippen molar-refractivity contribution in [3.63, 3.8) is 0 Å². The summed E-state index contributed by atoms with van der Waals surface area (Å²) >= 11 is 6.62. The Balaban J connectivity index is 3.08. The smallest absolute Gasteiger partial charge is 0.0734 e. The first-order chi connectivity index (χ1) is 5.22. The van der Waals surface area contributed by atoms with Gasteiger partial charge in [-0.2, -0.15) is 0 Å². The third kappa shape index (κ3) is 2.63. The second-order valence-corrected chi connectivity index (χ2v) is 3.78. The molecule has 2 nitrogen and oxygen atoms in total. The summed E-state index contributed by atoms with van der Waals surface area (Å²) < 4.78 is 1.89. The van der Waals surface area contributed by atoms with E-state index in [-0.39, 0.29) is 0 Å². The van der Waals surface area contributed by atoms with Crippen molar-refractivity contribution in [3.8, 4) is 0 Å². The highest BCUT2D eigenvalue weighted by atomic mass is 79.9. The Morgan fingerprint density at radius 3 is 2.18 bits per heavy atom. The molecule has 58 valence electrons. The van der Waals surface area contributed by atoms with Gasteiger partial charge in [0.05, 0.1) is 6.21 Å². The molecular weight excluding hydrogens is 274 g/mol. The van der Waals surface area contributed by atoms with Gasteiger partial charge in [0, 0.05) is 8.95 Å². The molecule has 0 aliphatic carbocycles. The molecule has 0 saturated heterocycles.